The van der Waals surface area contributed by atoms with Gasteiger partial charge in [-0.1, -0.05) is 25.1 Å². The molecule has 27 heavy (non-hydrogen) atoms. The third kappa shape index (κ3) is 4.81. The number of aryl methyl sites for hydroxylation is 1. The van der Waals surface area contributed by atoms with E-state index in [1.54, 1.807) is 0 Å². The summed E-state index contributed by atoms with van der Waals surface area (Å²) in [4.78, 5) is 22.0. The Balaban J connectivity index is 1.56. The van der Waals surface area contributed by atoms with Crippen molar-refractivity contribution >= 4 is 22.8 Å². The third-order valence-corrected chi connectivity index (χ3v) is 5.13. The predicted octanol–water partition coefficient (Wildman–Crippen LogP) is 2.45. The van der Waals surface area contributed by atoms with E-state index in [4.69, 9.17) is 0 Å². The summed E-state index contributed by atoms with van der Waals surface area (Å²) in [6.45, 7) is 7.72. The van der Waals surface area contributed by atoms with Crippen molar-refractivity contribution in [2.75, 3.05) is 32.7 Å². The SMILES string of the molecule is CCNC(=NCC(=O)N1CCCC1)NCCc1c[nH]c2c(CC)cccc12. The van der Waals surface area contributed by atoms with Gasteiger partial charge in [0.2, 0.25) is 5.91 Å². The van der Waals surface area contributed by atoms with Gasteiger partial charge in [-0.3, -0.25) is 4.79 Å². The number of nitrogens with zero attached hydrogens (tertiary/aromatic N) is 2. The molecule has 1 amide bonds. The molecule has 2 heterocycles. The average molecular weight is 370 g/mol. The maximum absolute atomic E-state index is 12.2. The number of para-hydroxylation sites is 1. The van der Waals surface area contributed by atoms with E-state index >= 15 is 0 Å². The Morgan fingerprint density at radius 2 is 2.00 bits per heavy atom. The number of aliphatic imine (C=N–C) groups is 1. The molecule has 0 spiro atoms. The summed E-state index contributed by atoms with van der Waals surface area (Å²) < 4.78 is 0. The highest BCUT2D eigenvalue weighted by Crippen LogP contribution is 2.22. The largest absolute Gasteiger partial charge is 0.361 e. The number of guanidine groups is 1. The van der Waals surface area contributed by atoms with Gasteiger partial charge in [0.05, 0.1) is 0 Å². The number of aromatic amines is 1. The number of rotatable bonds is 7. The van der Waals surface area contributed by atoms with E-state index in [2.05, 4.69) is 51.9 Å². The number of carbonyl (C=O) groups is 1. The summed E-state index contributed by atoms with van der Waals surface area (Å²) in [6, 6.07) is 6.48. The molecule has 0 bridgehead atoms. The maximum Gasteiger partial charge on any atom is 0.244 e. The lowest BCUT2D eigenvalue weighted by atomic mass is 10.1. The molecule has 1 aliphatic heterocycles. The van der Waals surface area contributed by atoms with Crippen LogP contribution in [0.3, 0.4) is 0 Å². The van der Waals surface area contributed by atoms with Crippen LogP contribution in [-0.2, 0) is 17.6 Å². The molecule has 0 radical (unpaired) electrons. The monoisotopic (exact) mass is 369 g/mol. The lowest BCUT2D eigenvalue weighted by Gasteiger charge is -2.15. The topological polar surface area (TPSA) is 72.5 Å². The van der Waals surface area contributed by atoms with Crippen molar-refractivity contribution in [2.45, 2.75) is 39.5 Å². The molecule has 3 N–H and O–H groups in total. The van der Waals surface area contributed by atoms with Crippen LogP contribution in [0.4, 0.5) is 0 Å². The van der Waals surface area contributed by atoms with Crippen molar-refractivity contribution in [1.82, 2.24) is 20.5 Å². The van der Waals surface area contributed by atoms with Gasteiger partial charge in [0, 0.05) is 43.3 Å². The second-order valence-electron chi connectivity index (χ2n) is 6.97. The minimum atomic E-state index is 0.119. The van der Waals surface area contributed by atoms with Crippen LogP contribution < -0.4 is 10.6 Å². The van der Waals surface area contributed by atoms with E-state index in [0.29, 0.717) is 5.96 Å². The van der Waals surface area contributed by atoms with E-state index in [1.807, 2.05) is 11.8 Å². The van der Waals surface area contributed by atoms with Crippen molar-refractivity contribution in [2.24, 2.45) is 4.99 Å². The zero-order chi connectivity index (χ0) is 19.1. The lowest BCUT2D eigenvalue weighted by Crippen LogP contribution is -2.39. The normalized spacial score (nSPS) is 14.7. The number of hydrogen-bond acceptors (Lipinski definition) is 2. The number of fused-ring (bicyclic) bond motifs is 1. The molecule has 3 rings (SSSR count). The Bertz CT molecular complexity index is 789. The Labute approximate surface area is 161 Å². The Hall–Kier alpha value is -2.50. The number of hydrogen-bond donors (Lipinski definition) is 3. The fraction of sp³-hybridized carbons (Fsp3) is 0.524. The number of nitrogens with one attached hydrogen (secondary N) is 3. The van der Waals surface area contributed by atoms with Gasteiger partial charge in [-0.25, -0.2) is 4.99 Å². The van der Waals surface area contributed by atoms with E-state index in [-0.39, 0.29) is 12.5 Å². The first-order chi connectivity index (χ1) is 13.2. The Morgan fingerprint density at radius 1 is 1.19 bits per heavy atom. The van der Waals surface area contributed by atoms with Crippen LogP contribution in [0.25, 0.3) is 10.9 Å². The average Bonchev–Trinajstić information content (AvgIpc) is 3.36. The Kier molecular flexibility index (Phi) is 6.74. The van der Waals surface area contributed by atoms with Gasteiger partial charge in [0.25, 0.3) is 0 Å². The van der Waals surface area contributed by atoms with Crippen molar-refractivity contribution in [3.63, 3.8) is 0 Å². The highest BCUT2D eigenvalue weighted by atomic mass is 16.2. The molecule has 2 aromatic rings. The molecule has 6 nitrogen and oxygen atoms in total. The van der Waals surface area contributed by atoms with E-state index in [1.165, 1.54) is 22.0 Å². The van der Waals surface area contributed by atoms with Gasteiger partial charge >= 0.3 is 0 Å². The summed E-state index contributed by atoms with van der Waals surface area (Å²) in [5.41, 5.74) is 3.89. The van der Waals surface area contributed by atoms with Gasteiger partial charge < -0.3 is 20.5 Å². The molecule has 1 aromatic heterocycles. The van der Waals surface area contributed by atoms with Crippen LogP contribution >= 0.6 is 0 Å². The van der Waals surface area contributed by atoms with Crippen LogP contribution in [-0.4, -0.2) is 54.5 Å². The molecule has 0 atom stereocenters. The number of carbonyl (C=O) groups excluding carboxylic acids is 1. The third-order valence-electron chi connectivity index (χ3n) is 5.13. The zero-order valence-corrected chi connectivity index (χ0v) is 16.5. The van der Waals surface area contributed by atoms with Crippen molar-refractivity contribution in [1.29, 1.82) is 0 Å². The number of aromatic nitrogens is 1. The molecule has 1 aliphatic rings. The van der Waals surface area contributed by atoms with Crippen molar-refractivity contribution in [3.05, 3.63) is 35.5 Å². The number of H-pyrrole nitrogens is 1. The van der Waals surface area contributed by atoms with Gasteiger partial charge in [-0.2, -0.15) is 0 Å². The molecule has 0 unspecified atom stereocenters. The molecular weight excluding hydrogens is 338 g/mol. The second-order valence-corrected chi connectivity index (χ2v) is 6.97. The highest BCUT2D eigenvalue weighted by molar-refractivity contribution is 5.87. The van der Waals surface area contributed by atoms with Crippen LogP contribution in [0, 0.1) is 0 Å². The summed E-state index contributed by atoms with van der Waals surface area (Å²) in [7, 11) is 0. The predicted molar refractivity (Wildman–Crippen MR) is 111 cm³/mol. The minimum Gasteiger partial charge on any atom is -0.361 e. The molecule has 6 heteroatoms. The molecular formula is C21H31N5O. The van der Waals surface area contributed by atoms with Crippen LogP contribution in [0.2, 0.25) is 0 Å². The van der Waals surface area contributed by atoms with Gasteiger partial charge in [0.1, 0.15) is 6.54 Å². The summed E-state index contributed by atoms with van der Waals surface area (Å²) in [6.07, 6.45) is 6.25. The summed E-state index contributed by atoms with van der Waals surface area (Å²) >= 11 is 0. The highest BCUT2D eigenvalue weighted by Gasteiger charge is 2.17. The maximum atomic E-state index is 12.2. The number of likely N-dealkylation sites (tertiary alicyclic amines) is 1. The quantitative estimate of drug-likeness (QED) is 0.518. The van der Waals surface area contributed by atoms with Gasteiger partial charge in [-0.05, 0) is 43.7 Å². The van der Waals surface area contributed by atoms with Gasteiger partial charge in [-0.15, -0.1) is 0 Å². The lowest BCUT2D eigenvalue weighted by molar-refractivity contribution is -0.128. The first kappa shape index (κ1) is 19.3. The molecule has 1 saturated heterocycles. The van der Waals surface area contributed by atoms with E-state index in [0.717, 1.165) is 51.9 Å². The fourth-order valence-electron chi connectivity index (χ4n) is 3.65. The van der Waals surface area contributed by atoms with Crippen LogP contribution in [0.15, 0.2) is 29.4 Å². The van der Waals surface area contributed by atoms with Gasteiger partial charge in [0.15, 0.2) is 5.96 Å². The molecule has 146 valence electrons. The first-order valence-electron chi connectivity index (χ1n) is 10.1. The fourth-order valence-corrected chi connectivity index (χ4v) is 3.65. The Morgan fingerprint density at radius 3 is 2.74 bits per heavy atom. The zero-order valence-electron chi connectivity index (χ0n) is 16.5. The molecule has 0 saturated carbocycles. The summed E-state index contributed by atoms with van der Waals surface area (Å²) in [5, 5.41) is 7.87. The standard InChI is InChI=1S/C21H31N5O/c1-3-16-8-7-9-18-17(14-24-20(16)18)10-11-23-21(22-4-2)25-15-19(27)26-12-5-6-13-26/h7-9,14,24H,3-6,10-13,15H2,1-2H3,(H2,22,23,25). The van der Waals surface area contributed by atoms with E-state index in [9.17, 15) is 4.79 Å². The number of amides is 1. The molecule has 1 aromatic carbocycles. The first-order valence-corrected chi connectivity index (χ1v) is 10.1. The molecule has 0 aliphatic carbocycles. The smallest absolute Gasteiger partial charge is 0.244 e. The van der Waals surface area contributed by atoms with E-state index < -0.39 is 0 Å². The minimum absolute atomic E-state index is 0.119. The second kappa shape index (κ2) is 9.44. The molecule has 1 fully saturated rings. The number of benzene rings is 1. The van der Waals surface area contributed by atoms with Crippen LogP contribution in [0.5, 0.6) is 0 Å². The summed E-state index contributed by atoms with van der Waals surface area (Å²) in [5.74, 6) is 0.826. The van der Waals surface area contributed by atoms with Crippen molar-refractivity contribution < 1.29 is 4.79 Å². The van der Waals surface area contributed by atoms with Crippen LogP contribution in [0.1, 0.15) is 37.8 Å². The van der Waals surface area contributed by atoms with Crippen molar-refractivity contribution in [3.8, 4) is 0 Å².